The Bertz CT molecular complexity index is 1000. The molecule has 3 aliphatic carbocycles. The Kier molecular flexibility index (Phi) is 6.73. The van der Waals surface area contributed by atoms with Crippen LogP contribution in [0.1, 0.15) is 89.8 Å². The monoisotopic (exact) mass is 502 g/mol. The molecule has 3 heterocycles. The van der Waals surface area contributed by atoms with Crippen LogP contribution < -0.4 is 16.3 Å². The molecule has 4 fully saturated rings. The van der Waals surface area contributed by atoms with Gasteiger partial charge in [0.1, 0.15) is 12.0 Å². The highest BCUT2D eigenvalue weighted by Crippen LogP contribution is 2.53. The fourth-order valence-corrected chi connectivity index (χ4v) is 8.73. The van der Waals surface area contributed by atoms with E-state index in [2.05, 4.69) is 32.7 Å². The van der Waals surface area contributed by atoms with E-state index >= 15 is 4.39 Å². The molecule has 5 aliphatic rings. The molecular formula is C27H43FN6O2. The molecule has 8 nitrogen and oxygen atoms in total. The second kappa shape index (κ2) is 9.86. The van der Waals surface area contributed by atoms with E-state index in [9.17, 15) is 9.59 Å². The van der Waals surface area contributed by atoms with Crippen molar-refractivity contribution in [2.24, 2.45) is 17.8 Å². The molecule has 36 heavy (non-hydrogen) atoms. The third-order valence-corrected chi connectivity index (χ3v) is 10.6. The topological polar surface area (TPSA) is 95.1 Å². The summed E-state index contributed by atoms with van der Waals surface area (Å²) in [5.41, 5.74) is -0.346. The number of hydrogen-bond donors (Lipinski definition) is 3. The lowest BCUT2D eigenvalue weighted by Crippen LogP contribution is -2.62. The zero-order chi connectivity index (χ0) is 24.9. The van der Waals surface area contributed by atoms with Gasteiger partial charge in [-0.2, -0.15) is 5.10 Å². The molecule has 200 valence electrons. The summed E-state index contributed by atoms with van der Waals surface area (Å²) in [4.78, 5) is 27.9. The van der Waals surface area contributed by atoms with Crippen LogP contribution in [0.2, 0.25) is 0 Å². The third kappa shape index (κ3) is 4.24. The van der Waals surface area contributed by atoms with Gasteiger partial charge in [0.15, 0.2) is 0 Å². The Morgan fingerprint density at radius 2 is 1.89 bits per heavy atom. The number of nitrogens with one attached hydrogen (secondary N) is 3. The number of aromatic nitrogens is 3. The molecule has 2 aliphatic heterocycles. The summed E-state index contributed by atoms with van der Waals surface area (Å²) in [6, 6.07) is 0.241. The summed E-state index contributed by atoms with van der Waals surface area (Å²) in [5.74, 6) is 1.73. The maximum Gasteiger partial charge on any atom is 0.343 e. The summed E-state index contributed by atoms with van der Waals surface area (Å²) in [7, 11) is 0. The number of rotatable bonds is 4. The Morgan fingerprint density at radius 3 is 2.72 bits per heavy atom. The molecular weight excluding hydrogens is 459 g/mol. The number of fused-ring (bicyclic) bond motifs is 2. The summed E-state index contributed by atoms with van der Waals surface area (Å²) in [5, 5.41) is 14.0. The van der Waals surface area contributed by atoms with Crippen LogP contribution in [0.5, 0.6) is 0 Å². The standard InChI is InChI=1S/C27H43FN6O2/c1-17-10-11-22(28)21-15-23(30-27(17,21)18-6-3-2-4-7-18)25(35)29-19-8-5-9-20(14-19)33-12-13-34-24(16-33)31-32-26(34)36/h17-23,30H,2-16H2,1H3,(H,29,35)(H,32,36)/t17?,19-,20-,21?,22?,23?,27?/m1/s1. The van der Waals surface area contributed by atoms with Crippen molar-refractivity contribution in [3.8, 4) is 0 Å². The van der Waals surface area contributed by atoms with Crippen LogP contribution in [0, 0.1) is 17.8 Å². The Balaban J connectivity index is 1.11. The lowest BCUT2D eigenvalue weighted by molar-refractivity contribution is -0.124. The van der Waals surface area contributed by atoms with Gasteiger partial charge in [-0.15, -0.1) is 0 Å². The van der Waals surface area contributed by atoms with Crippen molar-refractivity contribution in [1.29, 1.82) is 0 Å². The molecule has 7 atom stereocenters. The SMILES string of the molecule is CC1CCC(F)C2CC(C(=O)N[C@@H]3CCC[C@@H](N4CCn5c(n[nH]c5=O)C4)C3)NC12C1CCCCC1. The fourth-order valence-electron chi connectivity index (χ4n) is 8.73. The number of hydrogen-bond acceptors (Lipinski definition) is 5. The van der Waals surface area contributed by atoms with Crippen LogP contribution in [0.4, 0.5) is 4.39 Å². The number of aromatic amines is 1. The second-order valence-corrected chi connectivity index (χ2v) is 12.4. The van der Waals surface area contributed by atoms with E-state index < -0.39 is 6.17 Å². The van der Waals surface area contributed by atoms with Crippen molar-refractivity contribution in [3.63, 3.8) is 0 Å². The lowest BCUT2D eigenvalue weighted by atomic mass is 9.58. The van der Waals surface area contributed by atoms with Gasteiger partial charge in [-0.1, -0.05) is 26.2 Å². The maximum atomic E-state index is 15.4. The van der Waals surface area contributed by atoms with Crippen LogP contribution >= 0.6 is 0 Å². The Morgan fingerprint density at radius 1 is 1.06 bits per heavy atom. The molecule has 1 saturated heterocycles. The molecule has 5 unspecified atom stereocenters. The average molecular weight is 503 g/mol. The van der Waals surface area contributed by atoms with Crippen LogP contribution in [0.3, 0.4) is 0 Å². The quantitative estimate of drug-likeness (QED) is 0.589. The minimum Gasteiger partial charge on any atom is -0.352 e. The van der Waals surface area contributed by atoms with E-state index in [1.807, 2.05) is 0 Å². The highest BCUT2D eigenvalue weighted by atomic mass is 19.1. The summed E-state index contributed by atoms with van der Waals surface area (Å²) in [6.45, 7) is 4.47. The van der Waals surface area contributed by atoms with E-state index in [0.29, 0.717) is 43.8 Å². The smallest absolute Gasteiger partial charge is 0.343 e. The van der Waals surface area contributed by atoms with E-state index in [1.54, 1.807) is 4.57 Å². The van der Waals surface area contributed by atoms with Crippen LogP contribution in [-0.2, 0) is 17.9 Å². The zero-order valence-electron chi connectivity index (χ0n) is 21.7. The van der Waals surface area contributed by atoms with E-state index in [4.69, 9.17) is 0 Å². The fraction of sp³-hybridized carbons (Fsp3) is 0.889. The van der Waals surface area contributed by atoms with Gasteiger partial charge in [-0.3, -0.25) is 19.6 Å². The summed E-state index contributed by atoms with van der Waals surface area (Å²) in [6.07, 6.45) is 11.6. The van der Waals surface area contributed by atoms with Crippen molar-refractivity contribution < 1.29 is 9.18 Å². The Labute approximate surface area is 213 Å². The number of carbonyl (C=O) groups excluding carboxylic acids is 1. The first-order chi connectivity index (χ1) is 17.5. The van der Waals surface area contributed by atoms with Gasteiger partial charge >= 0.3 is 5.69 Å². The number of alkyl halides is 1. The van der Waals surface area contributed by atoms with E-state index in [-0.39, 0.29) is 35.1 Å². The van der Waals surface area contributed by atoms with Gasteiger partial charge in [0.25, 0.3) is 0 Å². The zero-order valence-corrected chi connectivity index (χ0v) is 21.7. The van der Waals surface area contributed by atoms with Crippen LogP contribution in [-0.4, -0.2) is 62.0 Å². The minimum atomic E-state index is -0.800. The summed E-state index contributed by atoms with van der Waals surface area (Å²) < 4.78 is 17.1. The van der Waals surface area contributed by atoms with Crippen molar-refractivity contribution in [3.05, 3.63) is 16.3 Å². The molecule has 0 bridgehead atoms. The molecule has 1 aromatic rings. The minimum absolute atomic E-state index is 0.0426. The van der Waals surface area contributed by atoms with Crippen molar-refractivity contribution in [1.82, 2.24) is 30.3 Å². The first-order valence-electron chi connectivity index (χ1n) is 14.6. The second-order valence-electron chi connectivity index (χ2n) is 12.4. The van der Waals surface area contributed by atoms with Crippen LogP contribution in [0.15, 0.2) is 4.79 Å². The number of H-pyrrole nitrogens is 1. The van der Waals surface area contributed by atoms with Gasteiger partial charge in [0.05, 0.1) is 12.6 Å². The van der Waals surface area contributed by atoms with Gasteiger partial charge in [0, 0.05) is 36.6 Å². The molecule has 0 radical (unpaired) electrons. The first kappa shape index (κ1) is 24.6. The average Bonchev–Trinajstić information content (AvgIpc) is 3.50. The van der Waals surface area contributed by atoms with Crippen molar-refractivity contribution in [2.75, 3.05) is 6.54 Å². The molecule has 3 N–H and O–H groups in total. The highest BCUT2D eigenvalue weighted by Gasteiger charge is 2.60. The van der Waals surface area contributed by atoms with E-state index in [0.717, 1.165) is 44.5 Å². The molecule has 0 spiro atoms. The Hall–Kier alpha value is -1.74. The predicted molar refractivity (Wildman–Crippen MR) is 135 cm³/mol. The third-order valence-electron chi connectivity index (χ3n) is 10.6. The van der Waals surface area contributed by atoms with Crippen molar-refractivity contribution >= 4 is 5.91 Å². The van der Waals surface area contributed by atoms with Gasteiger partial charge < -0.3 is 5.32 Å². The molecule has 1 aromatic heterocycles. The largest absolute Gasteiger partial charge is 0.352 e. The molecule has 9 heteroatoms. The van der Waals surface area contributed by atoms with Crippen LogP contribution in [0.25, 0.3) is 0 Å². The first-order valence-corrected chi connectivity index (χ1v) is 14.6. The summed E-state index contributed by atoms with van der Waals surface area (Å²) >= 11 is 0. The molecule has 0 aromatic carbocycles. The number of amides is 1. The molecule has 3 saturated carbocycles. The number of halogens is 1. The van der Waals surface area contributed by atoms with Gasteiger partial charge in [-0.05, 0) is 69.6 Å². The molecule has 1 amide bonds. The molecule has 6 rings (SSSR count). The predicted octanol–water partition coefficient (Wildman–Crippen LogP) is 2.88. The van der Waals surface area contributed by atoms with Crippen molar-refractivity contribution in [2.45, 2.75) is 127 Å². The van der Waals surface area contributed by atoms with Gasteiger partial charge in [0.2, 0.25) is 5.91 Å². The van der Waals surface area contributed by atoms with E-state index in [1.165, 1.54) is 32.1 Å². The van der Waals surface area contributed by atoms with Gasteiger partial charge in [-0.25, -0.2) is 14.3 Å². The normalized spacial score (nSPS) is 39.9. The lowest BCUT2D eigenvalue weighted by Gasteiger charge is -2.52. The number of carbonyl (C=O) groups is 1. The number of nitrogens with zero attached hydrogens (tertiary/aromatic N) is 3. The highest BCUT2D eigenvalue weighted by molar-refractivity contribution is 5.82. The maximum absolute atomic E-state index is 15.4.